The zero-order valence-corrected chi connectivity index (χ0v) is 14.0. The molecule has 124 valence electrons. The summed E-state index contributed by atoms with van der Waals surface area (Å²) >= 11 is 1.19. The molecule has 0 aliphatic heterocycles. The molecule has 2 aromatic rings. The number of hydrogen-bond acceptors (Lipinski definition) is 7. The van der Waals surface area contributed by atoms with E-state index in [1.165, 1.54) is 23.4 Å². The molecular weight excluding hydrogens is 318 g/mol. The predicted octanol–water partition coefficient (Wildman–Crippen LogP) is 0.920. The van der Waals surface area contributed by atoms with Crippen molar-refractivity contribution in [1.29, 1.82) is 0 Å². The maximum Gasteiger partial charge on any atom is 0.328 e. The number of nitrogens with one attached hydrogen (secondary N) is 1. The lowest BCUT2D eigenvalue weighted by molar-refractivity contribution is -0.146. The summed E-state index contributed by atoms with van der Waals surface area (Å²) in [4.78, 5) is 32.1. The molecule has 0 bridgehead atoms. The molecule has 2 unspecified atom stereocenters. The van der Waals surface area contributed by atoms with Gasteiger partial charge < -0.3 is 10.1 Å². The summed E-state index contributed by atoms with van der Waals surface area (Å²) in [5, 5.41) is 7.37. The quantitative estimate of drug-likeness (QED) is 0.592. The molecule has 0 saturated heterocycles. The maximum atomic E-state index is 12.1. The average molecular weight is 337 g/mol. The monoisotopic (exact) mass is 337 g/mol. The first-order valence-electron chi connectivity index (χ1n) is 7.22. The molecule has 0 aromatic carbocycles. The molecule has 2 rings (SSSR count). The number of aromatic nitrogens is 4. The third kappa shape index (κ3) is 4.41. The Morgan fingerprint density at radius 2 is 2.26 bits per heavy atom. The van der Waals surface area contributed by atoms with Gasteiger partial charge in [-0.2, -0.15) is 4.98 Å². The second-order valence-electron chi connectivity index (χ2n) is 5.00. The Bertz CT molecular complexity index is 657. The Balaban J connectivity index is 1.94. The van der Waals surface area contributed by atoms with Crippen molar-refractivity contribution in [2.75, 3.05) is 12.9 Å². The zero-order valence-electron chi connectivity index (χ0n) is 13.2. The van der Waals surface area contributed by atoms with Crippen molar-refractivity contribution in [1.82, 2.24) is 24.9 Å². The predicted molar refractivity (Wildman–Crippen MR) is 84.9 cm³/mol. The van der Waals surface area contributed by atoms with Crippen LogP contribution in [-0.4, -0.2) is 50.4 Å². The van der Waals surface area contributed by atoms with Gasteiger partial charge in [0.25, 0.3) is 5.78 Å². The molecule has 0 spiro atoms. The number of methoxy groups -OCH3 is 1. The molecule has 23 heavy (non-hydrogen) atoms. The van der Waals surface area contributed by atoms with Crippen LogP contribution in [0.3, 0.4) is 0 Å². The van der Waals surface area contributed by atoms with Crippen LogP contribution < -0.4 is 5.32 Å². The van der Waals surface area contributed by atoms with E-state index in [4.69, 9.17) is 4.74 Å². The lowest BCUT2D eigenvalue weighted by atomic mass is 9.99. The van der Waals surface area contributed by atoms with Crippen molar-refractivity contribution in [2.45, 2.75) is 31.5 Å². The normalized spacial score (nSPS) is 13.5. The Morgan fingerprint density at radius 3 is 2.91 bits per heavy atom. The van der Waals surface area contributed by atoms with Gasteiger partial charge in [-0.05, 0) is 12.0 Å². The highest BCUT2D eigenvalue weighted by Crippen LogP contribution is 2.14. The highest BCUT2D eigenvalue weighted by Gasteiger charge is 2.26. The minimum absolute atomic E-state index is 0.00563. The number of thioether (sulfide) groups is 1. The average Bonchev–Trinajstić information content (AvgIpc) is 2.99. The fraction of sp³-hybridized carbons (Fsp3) is 0.500. The molecule has 0 saturated carbocycles. The van der Waals surface area contributed by atoms with Gasteiger partial charge in [0.1, 0.15) is 6.04 Å². The number of rotatable bonds is 7. The summed E-state index contributed by atoms with van der Waals surface area (Å²) < 4.78 is 6.28. The second-order valence-corrected chi connectivity index (χ2v) is 5.94. The van der Waals surface area contributed by atoms with Crippen molar-refractivity contribution >= 4 is 29.4 Å². The molecule has 0 aliphatic rings. The van der Waals surface area contributed by atoms with Gasteiger partial charge in [0, 0.05) is 12.4 Å². The van der Waals surface area contributed by atoms with Crippen molar-refractivity contribution in [3.05, 3.63) is 18.5 Å². The highest BCUT2D eigenvalue weighted by molar-refractivity contribution is 7.99. The van der Waals surface area contributed by atoms with Crippen LogP contribution in [0, 0.1) is 5.92 Å². The van der Waals surface area contributed by atoms with Crippen LogP contribution >= 0.6 is 11.8 Å². The number of esters is 1. The van der Waals surface area contributed by atoms with Crippen LogP contribution in [0.15, 0.2) is 23.6 Å². The SMILES string of the molecule is CCC(C)C(NC(=O)CSc1nc2ncccn2n1)C(=O)OC. The fourth-order valence-corrected chi connectivity index (χ4v) is 2.55. The number of nitrogens with zero attached hydrogens (tertiary/aromatic N) is 4. The van der Waals surface area contributed by atoms with Crippen LogP contribution in [0.2, 0.25) is 0 Å². The van der Waals surface area contributed by atoms with Gasteiger partial charge in [0.05, 0.1) is 12.9 Å². The van der Waals surface area contributed by atoms with E-state index in [-0.39, 0.29) is 17.6 Å². The zero-order chi connectivity index (χ0) is 16.8. The summed E-state index contributed by atoms with van der Waals surface area (Å²) in [6, 6.07) is 1.10. The Kier molecular flexibility index (Phi) is 5.91. The van der Waals surface area contributed by atoms with E-state index in [0.717, 1.165) is 6.42 Å². The van der Waals surface area contributed by atoms with Gasteiger partial charge in [-0.3, -0.25) is 4.79 Å². The molecule has 1 amide bonds. The number of hydrogen-bond donors (Lipinski definition) is 1. The van der Waals surface area contributed by atoms with E-state index in [1.807, 2.05) is 13.8 Å². The Labute approximate surface area is 138 Å². The molecular formula is C14H19N5O3S. The van der Waals surface area contributed by atoms with E-state index in [0.29, 0.717) is 10.9 Å². The summed E-state index contributed by atoms with van der Waals surface area (Å²) in [5.74, 6) is -0.123. The van der Waals surface area contributed by atoms with E-state index >= 15 is 0 Å². The summed E-state index contributed by atoms with van der Waals surface area (Å²) in [7, 11) is 1.31. The molecule has 9 heteroatoms. The molecule has 2 aromatic heterocycles. The highest BCUT2D eigenvalue weighted by atomic mass is 32.2. The number of ether oxygens (including phenoxy) is 1. The van der Waals surface area contributed by atoms with Gasteiger partial charge in [-0.1, -0.05) is 32.0 Å². The van der Waals surface area contributed by atoms with Crippen LogP contribution in [0.1, 0.15) is 20.3 Å². The van der Waals surface area contributed by atoms with Gasteiger partial charge >= 0.3 is 5.97 Å². The van der Waals surface area contributed by atoms with Crippen molar-refractivity contribution in [2.24, 2.45) is 5.92 Å². The standard InChI is InChI=1S/C14H19N5O3S/c1-4-9(2)11(12(21)22-3)16-10(20)8-23-14-17-13-15-6-5-7-19(13)18-14/h5-7,9,11H,4,8H2,1-3H3,(H,16,20). The maximum absolute atomic E-state index is 12.1. The van der Waals surface area contributed by atoms with Gasteiger partial charge in [-0.15, -0.1) is 5.10 Å². The fourth-order valence-electron chi connectivity index (χ4n) is 1.92. The molecule has 0 fully saturated rings. The minimum Gasteiger partial charge on any atom is -0.467 e. The van der Waals surface area contributed by atoms with E-state index < -0.39 is 12.0 Å². The van der Waals surface area contributed by atoms with Gasteiger partial charge in [0.15, 0.2) is 0 Å². The first kappa shape index (κ1) is 17.2. The summed E-state index contributed by atoms with van der Waals surface area (Å²) in [5.41, 5.74) is 0. The van der Waals surface area contributed by atoms with Crippen molar-refractivity contribution in [3.8, 4) is 0 Å². The molecule has 0 aliphatic carbocycles. The minimum atomic E-state index is -0.645. The number of carbonyl (C=O) groups is 2. The first-order valence-corrected chi connectivity index (χ1v) is 8.21. The lowest BCUT2D eigenvalue weighted by Crippen LogP contribution is -2.46. The topological polar surface area (TPSA) is 98.5 Å². The third-order valence-electron chi connectivity index (χ3n) is 3.41. The van der Waals surface area contributed by atoms with E-state index in [2.05, 4.69) is 20.4 Å². The molecule has 2 atom stereocenters. The smallest absolute Gasteiger partial charge is 0.328 e. The lowest BCUT2D eigenvalue weighted by Gasteiger charge is -2.21. The number of carbonyl (C=O) groups excluding carboxylic acids is 2. The second kappa shape index (κ2) is 7.91. The van der Waals surface area contributed by atoms with Crippen LogP contribution in [0.4, 0.5) is 0 Å². The van der Waals surface area contributed by atoms with Crippen molar-refractivity contribution < 1.29 is 14.3 Å². The van der Waals surface area contributed by atoms with Crippen LogP contribution in [0.5, 0.6) is 0 Å². The largest absolute Gasteiger partial charge is 0.467 e. The van der Waals surface area contributed by atoms with E-state index in [1.54, 1.807) is 18.5 Å². The molecule has 0 radical (unpaired) electrons. The Hall–Kier alpha value is -2.16. The third-order valence-corrected chi connectivity index (χ3v) is 4.25. The van der Waals surface area contributed by atoms with Gasteiger partial charge in [0.2, 0.25) is 11.1 Å². The number of fused-ring (bicyclic) bond motifs is 1. The van der Waals surface area contributed by atoms with Crippen LogP contribution in [-0.2, 0) is 14.3 Å². The molecule has 1 N–H and O–H groups in total. The molecule has 8 nitrogen and oxygen atoms in total. The molecule has 2 heterocycles. The summed E-state index contributed by atoms with van der Waals surface area (Å²) in [6.07, 6.45) is 4.11. The van der Waals surface area contributed by atoms with E-state index in [9.17, 15) is 9.59 Å². The van der Waals surface area contributed by atoms with Crippen LogP contribution in [0.25, 0.3) is 5.78 Å². The number of amides is 1. The first-order chi connectivity index (χ1) is 11.0. The van der Waals surface area contributed by atoms with Crippen molar-refractivity contribution in [3.63, 3.8) is 0 Å². The Morgan fingerprint density at radius 1 is 1.48 bits per heavy atom. The van der Waals surface area contributed by atoms with Gasteiger partial charge in [-0.25, -0.2) is 14.3 Å². The summed E-state index contributed by atoms with van der Waals surface area (Å²) in [6.45, 7) is 3.85.